The van der Waals surface area contributed by atoms with Gasteiger partial charge >= 0.3 is 5.97 Å². The molecular formula is C17H17NO5. The molecule has 0 amide bonds. The quantitative estimate of drug-likeness (QED) is 0.379. The van der Waals surface area contributed by atoms with E-state index >= 15 is 0 Å². The van der Waals surface area contributed by atoms with E-state index in [2.05, 4.69) is 0 Å². The molecule has 2 rings (SSSR count). The second kappa shape index (κ2) is 7.44. The van der Waals surface area contributed by atoms with Gasteiger partial charge in [0.25, 0.3) is 0 Å². The number of aromatic hydroxyl groups is 2. The maximum absolute atomic E-state index is 11.8. The summed E-state index contributed by atoms with van der Waals surface area (Å²) in [6.45, 7) is 0.0128. The van der Waals surface area contributed by atoms with Crippen LogP contribution < -0.4 is 10.5 Å². The fourth-order valence-corrected chi connectivity index (χ4v) is 1.85. The number of carbonyl (C=O) groups excluding carboxylic acids is 1. The van der Waals surface area contributed by atoms with Crippen LogP contribution in [0.4, 0.5) is 0 Å². The molecule has 0 aromatic heterocycles. The van der Waals surface area contributed by atoms with Crippen molar-refractivity contribution in [1.29, 1.82) is 0 Å². The number of ether oxygens (including phenoxy) is 1. The zero-order chi connectivity index (χ0) is 16.8. The van der Waals surface area contributed by atoms with Gasteiger partial charge in [-0.05, 0) is 41.5 Å². The summed E-state index contributed by atoms with van der Waals surface area (Å²) in [6, 6.07) is 10.4. The number of phenols is 2. The lowest BCUT2D eigenvalue weighted by Crippen LogP contribution is -2.12. The smallest absolute Gasteiger partial charge is 0.336 e. The SMILES string of the molecule is NCC(O)c1ccc(O)c(OC(=O)C=Cc2ccc(O)cc2)c1. The Morgan fingerprint density at radius 1 is 1.17 bits per heavy atom. The van der Waals surface area contributed by atoms with Crippen LogP contribution in [0.2, 0.25) is 0 Å². The van der Waals surface area contributed by atoms with Crippen molar-refractivity contribution in [2.24, 2.45) is 5.73 Å². The lowest BCUT2D eigenvalue weighted by Gasteiger charge is -2.11. The number of hydrogen-bond acceptors (Lipinski definition) is 6. The highest BCUT2D eigenvalue weighted by molar-refractivity contribution is 5.89. The zero-order valence-electron chi connectivity index (χ0n) is 12.2. The molecule has 1 atom stereocenters. The van der Waals surface area contributed by atoms with Crippen molar-refractivity contribution < 1.29 is 24.9 Å². The van der Waals surface area contributed by atoms with Gasteiger partial charge in [-0.3, -0.25) is 0 Å². The van der Waals surface area contributed by atoms with E-state index in [9.17, 15) is 20.1 Å². The van der Waals surface area contributed by atoms with Crippen LogP contribution in [-0.4, -0.2) is 27.8 Å². The third-order valence-electron chi connectivity index (χ3n) is 3.11. The fourth-order valence-electron chi connectivity index (χ4n) is 1.85. The van der Waals surface area contributed by atoms with Crippen molar-refractivity contribution in [3.63, 3.8) is 0 Å². The molecule has 23 heavy (non-hydrogen) atoms. The summed E-state index contributed by atoms with van der Waals surface area (Å²) in [7, 11) is 0. The summed E-state index contributed by atoms with van der Waals surface area (Å²) in [5, 5.41) is 28.6. The molecular weight excluding hydrogens is 298 g/mol. The minimum atomic E-state index is -0.902. The second-order valence-corrected chi connectivity index (χ2v) is 4.82. The van der Waals surface area contributed by atoms with E-state index < -0.39 is 12.1 Å². The van der Waals surface area contributed by atoms with Crippen molar-refractivity contribution >= 4 is 12.0 Å². The van der Waals surface area contributed by atoms with Crippen molar-refractivity contribution in [3.05, 3.63) is 59.7 Å². The zero-order valence-corrected chi connectivity index (χ0v) is 12.2. The number of aliphatic hydroxyl groups is 1. The monoisotopic (exact) mass is 315 g/mol. The number of benzene rings is 2. The summed E-state index contributed by atoms with van der Waals surface area (Å²) in [5.41, 5.74) is 6.51. The van der Waals surface area contributed by atoms with Gasteiger partial charge in [-0.2, -0.15) is 0 Å². The van der Waals surface area contributed by atoms with Crippen LogP contribution in [0.3, 0.4) is 0 Å². The number of phenolic OH excluding ortho intramolecular Hbond substituents is 2. The molecule has 0 aliphatic rings. The summed E-state index contributed by atoms with van der Waals surface area (Å²) < 4.78 is 5.05. The molecule has 0 heterocycles. The molecule has 0 aliphatic heterocycles. The predicted molar refractivity (Wildman–Crippen MR) is 84.9 cm³/mol. The summed E-state index contributed by atoms with van der Waals surface area (Å²) >= 11 is 0. The van der Waals surface area contributed by atoms with E-state index in [4.69, 9.17) is 10.5 Å². The Bertz CT molecular complexity index is 709. The molecule has 6 nitrogen and oxygen atoms in total. The van der Waals surface area contributed by atoms with E-state index in [0.29, 0.717) is 11.1 Å². The molecule has 5 N–H and O–H groups in total. The van der Waals surface area contributed by atoms with Crippen molar-refractivity contribution in [2.45, 2.75) is 6.10 Å². The van der Waals surface area contributed by atoms with E-state index in [1.165, 1.54) is 42.5 Å². The summed E-state index contributed by atoms with van der Waals surface area (Å²) in [4.78, 5) is 11.8. The van der Waals surface area contributed by atoms with Crippen molar-refractivity contribution in [3.8, 4) is 17.2 Å². The summed E-state index contributed by atoms with van der Waals surface area (Å²) in [5.74, 6) is -0.836. The van der Waals surface area contributed by atoms with Crippen LogP contribution in [0, 0.1) is 0 Å². The fraction of sp³-hybridized carbons (Fsp3) is 0.118. The third-order valence-corrected chi connectivity index (χ3v) is 3.11. The van der Waals surface area contributed by atoms with Crippen LogP contribution in [0.25, 0.3) is 6.08 Å². The molecule has 2 aromatic rings. The second-order valence-electron chi connectivity index (χ2n) is 4.82. The van der Waals surface area contributed by atoms with Crippen LogP contribution in [0.15, 0.2) is 48.5 Å². The molecule has 0 saturated heterocycles. The Kier molecular flexibility index (Phi) is 5.35. The average molecular weight is 315 g/mol. The highest BCUT2D eigenvalue weighted by atomic mass is 16.5. The third kappa shape index (κ3) is 4.57. The van der Waals surface area contributed by atoms with Crippen LogP contribution in [0.1, 0.15) is 17.2 Å². The molecule has 0 bridgehead atoms. The molecule has 0 radical (unpaired) electrons. The van der Waals surface area contributed by atoms with E-state index in [0.717, 1.165) is 0 Å². The minimum absolute atomic E-state index is 0.0128. The maximum atomic E-state index is 11.8. The number of carbonyl (C=O) groups is 1. The predicted octanol–water partition coefficient (Wildman–Crippen LogP) is 1.71. The Labute approximate surface area is 133 Å². The van der Waals surface area contributed by atoms with E-state index in [1.807, 2.05) is 0 Å². The maximum Gasteiger partial charge on any atom is 0.336 e. The molecule has 0 aliphatic carbocycles. The molecule has 6 heteroatoms. The standard InChI is InChI=1S/C17H17NO5/c18-10-15(21)12-4-7-14(20)16(9-12)23-17(22)8-3-11-1-5-13(19)6-2-11/h1-9,15,19-21H,10,18H2. The van der Waals surface area contributed by atoms with Gasteiger partial charge in [-0.15, -0.1) is 0 Å². The lowest BCUT2D eigenvalue weighted by atomic mass is 10.1. The van der Waals surface area contributed by atoms with Gasteiger partial charge < -0.3 is 25.8 Å². The van der Waals surface area contributed by atoms with Crippen molar-refractivity contribution in [1.82, 2.24) is 0 Å². The molecule has 0 fully saturated rings. The van der Waals surface area contributed by atoms with Gasteiger partial charge in [0.05, 0.1) is 6.10 Å². The normalized spacial score (nSPS) is 12.3. The first-order chi connectivity index (χ1) is 11.0. The van der Waals surface area contributed by atoms with E-state index in [-0.39, 0.29) is 23.8 Å². The first-order valence-corrected chi connectivity index (χ1v) is 6.89. The van der Waals surface area contributed by atoms with Gasteiger partial charge in [0.2, 0.25) is 0 Å². The first-order valence-electron chi connectivity index (χ1n) is 6.89. The van der Waals surface area contributed by atoms with Crippen LogP contribution in [-0.2, 0) is 4.79 Å². The topological polar surface area (TPSA) is 113 Å². The first kappa shape index (κ1) is 16.5. The molecule has 1 unspecified atom stereocenters. The van der Waals surface area contributed by atoms with Crippen LogP contribution >= 0.6 is 0 Å². The number of aliphatic hydroxyl groups excluding tert-OH is 1. The highest BCUT2D eigenvalue weighted by Gasteiger charge is 2.12. The van der Waals surface area contributed by atoms with Gasteiger partial charge in [0, 0.05) is 12.6 Å². The number of hydrogen-bond donors (Lipinski definition) is 4. The van der Waals surface area contributed by atoms with Gasteiger partial charge in [0.15, 0.2) is 11.5 Å². The largest absolute Gasteiger partial charge is 0.508 e. The van der Waals surface area contributed by atoms with Gasteiger partial charge in [-0.1, -0.05) is 18.2 Å². The lowest BCUT2D eigenvalue weighted by molar-refractivity contribution is -0.129. The minimum Gasteiger partial charge on any atom is -0.508 e. The highest BCUT2D eigenvalue weighted by Crippen LogP contribution is 2.29. The number of rotatable bonds is 5. The Morgan fingerprint density at radius 2 is 1.87 bits per heavy atom. The molecule has 0 spiro atoms. The molecule has 120 valence electrons. The Balaban J connectivity index is 2.09. The van der Waals surface area contributed by atoms with Crippen LogP contribution in [0.5, 0.6) is 17.2 Å². The van der Waals surface area contributed by atoms with Gasteiger partial charge in [-0.25, -0.2) is 4.79 Å². The number of esters is 1. The number of nitrogens with two attached hydrogens (primary N) is 1. The Hall–Kier alpha value is -2.83. The van der Waals surface area contributed by atoms with Crippen molar-refractivity contribution in [2.75, 3.05) is 6.54 Å². The van der Waals surface area contributed by atoms with E-state index in [1.54, 1.807) is 12.1 Å². The molecule has 2 aromatic carbocycles. The Morgan fingerprint density at radius 3 is 2.52 bits per heavy atom. The average Bonchev–Trinajstić information content (AvgIpc) is 2.55. The molecule has 0 saturated carbocycles. The van der Waals surface area contributed by atoms with Gasteiger partial charge in [0.1, 0.15) is 5.75 Å². The summed E-state index contributed by atoms with van der Waals surface area (Å²) in [6.07, 6.45) is 1.80.